The van der Waals surface area contributed by atoms with Crippen LogP contribution in [0.4, 0.5) is 0 Å². The van der Waals surface area contributed by atoms with E-state index >= 15 is 0 Å². The minimum Gasteiger partial charge on any atom is -0.384 e. The Balaban J connectivity index is 1.76. The van der Waals surface area contributed by atoms with E-state index in [0.29, 0.717) is 12.1 Å². The second-order valence-electron chi connectivity index (χ2n) is 5.85. The Morgan fingerprint density at radius 2 is 2.10 bits per heavy atom. The lowest BCUT2D eigenvalue weighted by molar-refractivity contribution is -0.0911. The summed E-state index contributed by atoms with van der Waals surface area (Å²) >= 11 is 0. The van der Waals surface area contributed by atoms with Gasteiger partial charge in [0.05, 0.1) is 12.7 Å². The van der Waals surface area contributed by atoms with Crippen LogP contribution < -0.4 is 0 Å². The summed E-state index contributed by atoms with van der Waals surface area (Å²) in [5.74, 6) is 5.83. The normalized spacial score (nSPS) is 25.8. The molecule has 0 radical (unpaired) electrons. The van der Waals surface area contributed by atoms with Crippen LogP contribution in [0.2, 0.25) is 0 Å². The summed E-state index contributed by atoms with van der Waals surface area (Å²) in [6.07, 6.45) is 5.48. The highest BCUT2D eigenvalue weighted by Gasteiger charge is 2.34. The van der Waals surface area contributed by atoms with E-state index in [4.69, 9.17) is 9.84 Å². The third kappa shape index (κ3) is 3.47. The molecule has 2 aliphatic rings. The standard InChI is InChI=1S/C18H23NO2/c20-12-5-8-15-6-1-2-7-16(15)14-19-11-13-21-18-10-4-3-9-17(18)19/h1-2,6-7,17-18,20H,3-4,9-14H2. The third-order valence-corrected chi connectivity index (χ3v) is 4.54. The largest absolute Gasteiger partial charge is 0.384 e. The minimum absolute atomic E-state index is 0.0867. The van der Waals surface area contributed by atoms with E-state index in [-0.39, 0.29) is 6.61 Å². The number of rotatable bonds is 2. The maximum Gasteiger partial charge on any atom is 0.104 e. The Morgan fingerprint density at radius 3 is 3.00 bits per heavy atom. The molecule has 2 atom stereocenters. The van der Waals surface area contributed by atoms with Gasteiger partial charge in [-0.05, 0) is 24.5 Å². The molecule has 3 nitrogen and oxygen atoms in total. The maximum atomic E-state index is 8.89. The Hall–Kier alpha value is -1.34. The van der Waals surface area contributed by atoms with Crippen molar-refractivity contribution in [3.05, 3.63) is 35.4 Å². The van der Waals surface area contributed by atoms with Gasteiger partial charge in [-0.25, -0.2) is 0 Å². The summed E-state index contributed by atoms with van der Waals surface area (Å²) in [5, 5.41) is 8.89. The van der Waals surface area contributed by atoms with Crippen LogP contribution in [-0.2, 0) is 11.3 Å². The first kappa shape index (κ1) is 14.6. The zero-order chi connectivity index (χ0) is 14.5. The van der Waals surface area contributed by atoms with Gasteiger partial charge in [-0.3, -0.25) is 4.90 Å². The van der Waals surface area contributed by atoms with Gasteiger partial charge in [0.25, 0.3) is 0 Å². The highest BCUT2D eigenvalue weighted by molar-refractivity contribution is 5.41. The van der Waals surface area contributed by atoms with Crippen molar-refractivity contribution in [3.8, 4) is 11.8 Å². The number of morpholine rings is 1. The predicted octanol–water partition coefficient (Wildman–Crippen LogP) is 2.17. The van der Waals surface area contributed by atoms with Gasteiger partial charge in [-0.1, -0.05) is 42.9 Å². The Morgan fingerprint density at radius 1 is 1.24 bits per heavy atom. The zero-order valence-electron chi connectivity index (χ0n) is 12.4. The van der Waals surface area contributed by atoms with Crippen LogP contribution in [-0.4, -0.2) is 41.9 Å². The van der Waals surface area contributed by atoms with Crippen molar-refractivity contribution in [2.75, 3.05) is 19.8 Å². The van der Waals surface area contributed by atoms with Crippen molar-refractivity contribution in [2.24, 2.45) is 0 Å². The van der Waals surface area contributed by atoms with E-state index in [1.54, 1.807) is 0 Å². The van der Waals surface area contributed by atoms with Gasteiger partial charge in [0.1, 0.15) is 6.61 Å². The quantitative estimate of drug-likeness (QED) is 0.845. The zero-order valence-corrected chi connectivity index (χ0v) is 12.4. The summed E-state index contributed by atoms with van der Waals surface area (Å²) in [6, 6.07) is 8.82. The van der Waals surface area contributed by atoms with Crippen molar-refractivity contribution in [1.29, 1.82) is 0 Å². The summed E-state index contributed by atoms with van der Waals surface area (Å²) < 4.78 is 5.94. The topological polar surface area (TPSA) is 32.7 Å². The molecule has 1 saturated heterocycles. The van der Waals surface area contributed by atoms with Gasteiger partial charge in [0.2, 0.25) is 0 Å². The summed E-state index contributed by atoms with van der Waals surface area (Å²) in [6.45, 7) is 2.69. The molecule has 0 spiro atoms. The van der Waals surface area contributed by atoms with Crippen LogP contribution in [0.3, 0.4) is 0 Å². The van der Waals surface area contributed by atoms with Crippen LogP contribution in [0.1, 0.15) is 36.8 Å². The molecular weight excluding hydrogens is 262 g/mol. The lowest BCUT2D eigenvalue weighted by Crippen LogP contribution is -2.52. The summed E-state index contributed by atoms with van der Waals surface area (Å²) in [4.78, 5) is 2.56. The van der Waals surface area contributed by atoms with E-state index < -0.39 is 0 Å². The molecule has 0 amide bonds. The Bertz CT molecular complexity index is 530. The van der Waals surface area contributed by atoms with E-state index in [1.807, 2.05) is 12.1 Å². The van der Waals surface area contributed by atoms with E-state index in [2.05, 4.69) is 28.9 Å². The fourth-order valence-electron chi connectivity index (χ4n) is 3.51. The molecule has 1 aliphatic carbocycles. The first-order chi connectivity index (χ1) is 10.4. The number of fused-ring (bicyclic) bond motifs is 1. The van der Waals surface area contributed by atoms with Gasteiger partial charge in [-0.2, -0.15) is 0 Å². The molecule has 1 aromatic carbocycles. The lowest BCUT2D eigenvalue weighted by Gasteiger charge is -2.44. The van der Waals surface area contributed by atoms with Crippen LogP contribution in [0.5, 0.6) is 0 Å². The molecule has 0 bridgehead atoms. The van der Waals surface area contributed by atoms with Gasteiger partial charge in [0, 0.05) is 24.7 Å². The van der Waals surface area contributed by atoms with E-state index in [1.165, 1.54) is 31.2 Å². The van der Waals surface area contributed by atoms with Crippen molar-refractivity contribution >= 4 is 0 Å². The molecule has 1 saturated carbocycles. The minimum atomic E-state index is -0.0867. The lowest BCUT2D eigenvalue weighted by atomic mass is 9.89. The average Bonchev–Trinajstić information content (AvgIpc) is 2.54. The number of aliphatic hydroxyl groups is 1. The van der Waals surface area contributed by atoms with Crippen LogP contribution in [0, 0.1) is 11.8 Å². The smallest absolute Gasteiger partial charge is 0.104 e. The molecule has 3 heteroatoms. The molecule has 21 heavy (non-hydrogen) atoms. The number of benzene rings is 1. The van der Waals surface area contributed by atoms with Crippen LogP contribution in [0.15, 0.2) is 24.3 Å². The second kappa shape index (κ2) is 7.09. The van der Waals surface area contributed by atoms with Gasteiger partial charge >= 0.3 is 0 Å². The van der Waals surface area contributed by atoms with Crippen molar-refractivity contribution < 1.29 is 9.84 Å². The van der Waals surface area contributed by atoms with Crippen molar-refractivity contribution in [1.82, 2.24) is 4.90 Å². The first-order valence-corrected chi connectivity index (χ1v) is 7.92. The van der Waals surface area contributed by atoms with Crippen LogP contribution >= 0.6 is 0 Å². The second-order valence-corrected chi connectivity index (χ2v) is 5.85. The molecule has 1 N–H and O–H groups in total. The average molecular weight is 285 g/mol. The van der Waals surface area contributed by atoms with E-state index in [9.17, 15) is 0 Å². The molecule has 3 rings (SSSR count). The van der Waals surface area contributed by atoms with Crippen molar-refractivity contribution in [2.45, 2.75) is 44.4 Å². The summed E-state index contributed by atoms with van der Waals surface area (Å²) in [7, 11) is 0. The van der Waals surface area contributed by atoms with Gasteiger partial charge in [-0.15, -0.1) is 0 Å². The Kier molecular flexibility index (Phi) is 4.92. The number of ether oxygens (including phenoxy) is 1. The number of aliphatic hydroxyl groups excluding tert-OH is 1. The van der Waals surface area contributed by atoms with Gasteiger partial charge < -0.3 is 9.84 Å². The molecular formula is C18H23NO2. The van der Waals surface area contributed by atoms with Crippen LogP contribution in [0.25, 0.3) is 0 Å². The molecule has 1 heterocycles. The highest BCUT2D eigenvalue weighted by atomic mass is 16.5. The predicted molar refractivity (Wildman–Crippen MR) is 82.8 cm³/mol. The molecule has 2 fully saturated rings. The molecule has 0 aromatic heterocycles. The van der Waals surface area contributed by atoms with Gasteiger partial charge in [0.15, 0.2) is 0 Å². The Labute approximate surface area is 126 Å². The highest BCUT2D eigenvalue weighted by Crippen LogP contribution is 2.29. The third-order valence-electron chi connectivity index (χ3n) is 4.54. The number of hydrogen-bond donors (Lipinski definition) is 1. The molecule has 1 aliphatic heterocycles. The first-order valence-electron chi connectivity index (χ1n) is 7.92. The molecule has 112 valence electrons. The number of nitrogens with zero attached hydrogens (tertiary/aromatic N) is 1. The monoisotopic (exact) mass is 285 g/mol. The fourth-order valence-corrected chi connectivity index (χ4v) is 3.51. The number of hydrogen-bond acceptors (Lipinski definition) is 3. The summed E-state index contributed by atoms with van der Waals surface area (Å²) in [5.41, 5.74) is 2.29. The van der Waals surface area contributed by atoms with E-state index in [0.717, 1.165) is 25.3 Å². The SMILES string of the molecule is OCC#Cc1ccccc1CN1CCOC2CCCCC21. The maximum absolute atomic E-state index is 8.89. The van der Waals surface area contributed by atoms with Crippen molar-refractivity contribution in [3.63, 3.8) is 0 Å². The fraction of sp³-hybridized carbons (Fsp3) is 0.556. The molecule has 1 aromatic rings. The molecule has 2 unspecified atom stereocenters.